The maximum Gasteiger partial charge on any atom is 2.00 e. The molecule has 0 N–H and O–H groups in total. The second-order valence-electron chi connectivity index (χ2n) is 19.7. The van der Waals surface area contributed by atoms with Gasteiger partial charge in [0.15, 0.2) is 0 Å². The maximum atomic E-state index is 6.44. The summed E-state index contributed by atoms with van der Waals surface area (Å²) in [5.74, 6) is 6.27. The van der Waals surface area contributed by atoms with Crippen LogP contribution in [0.15, 0.2) is 219 Å². The van der Waals surface area contributed by atoms with Crippen LogP contribution in [0.1, 0.15) is 27.7 Å². The molecule has 0 spiro atoms. The van der Waals surface area contributed by atoms with Crippen molar-refractivity contribution < 1.29 is 51.7 Å². The van der Waals surface area contributed by atoms with Gasteiger partial charge in [0, 0.05) is 58.3 Å². The molecule has 0 amide bonds. The first-order chi connectivity index (χ1) is 40.3. The van der Waals surface area contributed by atoms with E-state index in [0.29, 0.717) is 11.5 Å². The molecule has 84 heavy (non-hydrogen) atoms. The Bertz CT molecular complexity index is 3970. The molecule has 0 saturated carbocycles. The number of aromatic nitrogens is 4. The van der Waals surface area contributed by atoms with Crippen LogP contribution in [0.25, 0.3) is 55.2 Å². The fourth-order valence-corrected chi connectivity index (χ4v) is 10.7. The van der Waals surface area contributed by atoms with Crippen LogP contribution in [0.3, 0.4) is 0 Å². The van der Waals surface area contributed by atoms with Crippen LogP contribution in [0, 0.1) is 12.1 Å². The number of halogens is 4. The molecule has 12 aromatic rings. The summed E-state index contributed by atoms with van der Waals surface area (Å²) in [5.41, 5.74) is 8.34. The Hall–Kier alpha value is -3.60. The first-order valence-corrected chi connectivity index (χ1v) is 54.5. The zero-order valence-corrected chi connectivity index (χ0v) is 60.4. The predicted molar refractivity (Wildman–Crippen MR) is 343 cm³/mol. The number of anilines is 2. The van der Waals surface area contributed by atoms with Crippen molar-refractivity contribution in [2.45, 2.75) is 39.8 Å². The van der Waals surface area contributed by atoms with E-state index in [4.69, 9.17) is 56.5 Å². The van der Waals surface area contributed by atoms with Gasteiger partial charge < -0.3 is 33.0 Å². The zero-order valence-electron chi connectivity index (χ0n) is 46.6. The first kappa shape index (κ1) is 63.4. The number of fused-ring (bicyclic) bond motifs is 8. The first-order valence-electron chi connectivity index (χ1n) is 27.2. The van der Waals surface area contributed by atoms with E-state index in [0.717, 1.165) is 95.2 Å². The minimum Gasteiger partial charge on any atom is 2.00 e. The van der Waals surface area contributed by atoms with Crippen LogP contribution < -0.4 is 39.3 Å². The molecule has 10 nitrogen and oxygen atoms in total. The summed E-state index contributed by atoms with van der Waals surface area (Å²) < 4.78 is 29.8. The molecule has 2 aliphatic heterocycles. The van der Waals surface area contributed by atoms with E-state index in [1.165, 1.54) is 68.5 Å². The molecule has 0 aliphatic carbocycles. The third-order valence-electron chi connectivity index (χ3n) is 14.0. The van der Waals surface area contributed by atoms with Crippen LogP contribution in [-0.4, -0.2) is 108 Å². The molecule has 0 fully saturated rings. The summed E-state index contributed by atoms with van der Waals surface area (Å²) in [5, 5.41) is 4.60. The van der Waals surface area contributed by atoms with Gasteiger partial charge in [-0.05, 0) is 123 Å². The van der Waals surface area contributed by atoms with Crippen LogP contribution in [0.4, 0.5) is 11.4 Å². The van der Waals surface area contributed by atoms with Crippen molar-refractivity contribution >= 4 is 181 Å². The average molecular weight is 1600 g/mol. The van der Waals surface area contributed by atoms with Crippen molar-refractivity contribution in [1.82, 2.24) is 19.1 Å². The standard InChI is InChI=1S/C32H26BN3O2.C32H24BN3O2.4ClH.2K.2Pt/c2*1-22(2)36-29-14-5-6-15-31(29)38-33(36)23-10-9-11-24(20-23)37-25-17-18-27-26-12-3-4-13-28(26)35(30(27)21-25)32-16-7-8-19-34-32;;;;;;;;/h3-22H,1-2H3;3-19,22H,1-2H3;4*1H;;;;/q;-2;;;;;;;+2;+4/p-4. The number of hydrogen-bond donors (Lipinski definition) is 0. The van der Waals surface area contributed by atoms with Gasteiger partial charge in [-0.1, -0.05) is 90.4 Å². The summed E-state index contributed by atoms with van der Waals surface area (Å²) in [6.45, 7) is 8.72. The summed E-state index contributed by atoms with van der Waals surface area (Å²) in [7, 11) is 19.6. The average Bonchev–Trinajstić information content (AvgIpc) is 2.63. The predicted octanol–water partition coefficient (Wildman–Crippen LogP) is 15.5. The molecule has 14 rings (SSSR count). The molecule has 0 atom stereocenters. The number of pyridine rings is 2. The summed E-state index contributed by atoms with van der Waals surface area (Å²) >= 11 is -0.556. The van der Waals surface area contributed by atoms with Gasteiger partial charge in [0.05, 0.1) is 22.4 Å². The SMILES string of the molecule is CC(C)N1B(c2[c-]c(Oc3[c-]c4c(cc3)c3ccccc3n4-c3ccccn3)ccc2)Oc2ccccc21.CC(C)N1B(c2cccc(Oc3ccc4c5ccccc5n(-c5ccccn5)c4c3)c2)Oc2ccccc21.[Cl][Pt]([Cl])([Cl])[Cl].[K][K].[Pt+2]. The summed E-state index contributed by atoms with van der Waals surface area (Å²) in [6, 6.07) is 76.9. The number of ether oxygens (including phenoxy) is 2. The van der Waals surface area contributed by atoms with Crippen LogP contribution in [-0.2, 0) is 33.0 Å². The molecule has 8 aromatic carbocycles. The Morgan fingerprint density at radius 1 is 0.476 bits per heavy atom. The van der Waals surface area contributed by atoms with Gasteiger partial charge in [0.2, 0.25) is 0 Å². The fourth-order valence-electron chi connectivity index (χ4n) is 10.7. The van der Waals surface area contributed by atoms with E-state index >= 15 is 0 Å². The van der Waals surface area contributed by atoms with Crippen molar-refractivity contribution in [3.8, 4) is 46.1 Å². The van der Waals surface area contributed by atoms with E-state index in [1.807, 2.05) is 121 Å². The van der Waals surface area contributed by atoms with Crippen LogP contribution >= 0.6 is 37.7 Å². The molecule has 20 heteroatoms. The van der Waals surface area contributed by atoms with Gasteiger partial charge in [-0.25, -0.2) is 9.97 Å². The Balaban J connectivity index is 0.000000167. The van der Waals surface area contributed by atoms with Gasteiger partial charge >= 0.3 is 148 Å². The minimum atomic E-state index is -3.06. The van der Waals surface area contributed by atoms with Crippen LogP contribution in [0.5, 0.6) is 34.5 Å². The Morgan fingerprint density at radius 2 is 0.976 bits per heavy atom. The van der Waals surface area contributed by atoms with E-state index in [2.05, 4.69) is 160 Å². The molecule has 0 radical (unpaired) electrons. The quantitative estimate of drug-likeness (QED) is 0.0990. The molecular formula is C64H50B2Cl4K2N6O4Pt2. The van der Waals surface area contributed by atoms with Crippen molar-refractivity contribution in [1.29, 1.82) is 0 Å². The van der Waals surface area contributed by atoms with Gasteiger partial charge in [-0.2, -0.15) is 18.2 Å². The topological polar surface area (TPSA) is 79.0 Å². The van der Waals surface area contributed by atoms with Crippen molar-refractivity contribution in [3.05, 3.63) is 231 Å². The summed E-state index contributed by atoms with van der Waals surface area (Å²) in [4.78, 5) is 13.8. The van der Waals surface area contributed by atoms with E-state index < -0.39 is 11.9 Å². The number of nitrogens with zero attached hydrogens (tertiary/aromatic N) is 6. The molecule has 416 valence electrons. The molecule has 4 aromatic heterocycles. The van der Waals surface area contributed by atoms with Crippen molar-refractivity contribution in [2.75, 3.05) is 9.62 Å². The van der Waals surface area contributed by atoms with Crippen molar-refractivity contribution in [3.63, 3.8) is 0 Å². The largest absolute Gasteiger partial charge is 2.00 e. The molecule has 0 saturated heterocycles. The molecule has 0 unspecified atom stereocenters. The number of benzene rings is 8. The smallest absolute Gasteiger partial charge is 2.00 e. The van der Waals surface area contributed by atoms with Gasteiger partial charge in [-0.3, -0.25) is 4.57 Å². The Morgan fingerprint density at radius 3 is 1.61 bits per heavy atom. The monoisotopic (exact) mass is 1600 g/mol. The van der Waals surface area contributed by atoms with Crippen LogP contribution in [0.2, 0.25) is 0 Å². The fraction of sp³-hybridized carbons (Fsp3) is 0.0938. The van der Waals surface area contributed by atoms with Gasteiger partial charge in [-0.15, -0.1) is 35.1 Å². The minimum absolute atomic E-state index is 0. The van der Waals surface area contributed by atoms with E-state index in [9.17, 15) is 0 Å². The normalized spacial score (nSPS) is 12.6. The third kappa shape index (κ3) is 14.1. The van der Waals surface area contributed by atoms with E-state index in [1.54, 1.807) is 6.20 Å². The molecule has 0 bridgehead atoms. The summed E-state index contributed by atoms with van der Waals surface area (Å²) in [6.07, 6.45) is 3.63. The zero-order chi connectivity index (χ0) is 57.8. The third-order valence-corrected chi connectivity index (χ3v) is 14.0. The Kier molecular flexibility index (Phi) is 21.7. The number of hydrogen-bond acceptors (Lipinski definition) is 8. The van der Waals surface area contributed by atoms with Crippen molar-refractivity contribution in [2.24, 2.45) is 0 Å². The Labute approximate surface area is 568 Å². The van der Waals surface area contributed by atoms with E-state index in [-0.39, 0.29) is 47.2 Å². The second-order valence-corrected chi connectivity index (χ2v) is 39.4. The molecule has 2 aliphatic rings. The van der Waals surface area contributed by atoms with Gasteiger partial charge in [0.1, 0.15) is 34.6 Å². The number of rotatable bonds is 10. The molecular weight excluding hydrogens is 1550 g/mol. The van der Waals surface area contributed by atoms with Gasteiger partial charge in [0.25, 0.3) is 0 Å². The number of para-hydroxylation sites is 6. The maximum absolute atomic E-state index is 6.44. The molecule has 6 heterocycles. The second kappa shape index (κ2) is 28.7.